The minimum atomic E-state index is 0.724. The van der Waals surface area contributed by atoms with Gasteiger partial charge in [-0.3, -0.25) is 4.57 Å². The molecule has 2 aromatic carbocycles. The first-order valence-electron chi connectivity index (χ1n) is 8.94. The quantitative estimate of drug-likeness (QED) is 0.543. The van der Waals surface area contributed by atoms with Crippen LogP contribution in [-0.2, 0) is 10.5 Å². The van der Waals surface area contributed by atoms with E-state index in [9.17, 15) is 0 Å². The van der Waals surface area contributed by atoms with Crippen LogP contribution < -0.4 is 4.90 Å². The van der Waals surface area contributed by atoms with E-state index in [1.807, 2.05) is 0 Å². The lowest BCUT2D eigenvalue weighted by Crippen LogP contribution is -2.38. The molecule has 0 N–H and O–H groups in total. The van der Waals surface area contributed by atoms with Crippen molar-refractivity contribution >= 4 is 33.6 Å². The number of aryl methyl sites for hydroxylation is 1. The van der Waals surface area contributed by atoms with Crippen molar-refractivity contribution < 1.29 is 4.74 Å². The van der Waals surface area contributed by atoms with E-state index in [1.165, 1.54) is 11.1 Å². The number of nitrogens with zero attached hydrogens (tertiary/aromatic N) is 4. The molecule has 1 aliphatic rings. The lowest BCUT2D eigenvalue weighted by Gasteiger charge is -2.28. The van der Waals surface area contributed by atoms with Crippen molar-refractivity contribution in [1.82, 2.24) is 14.8 Å². The lowest BCUT2D eigenvalue weighted by molar-refractivity contribution is 0.122. The Balaban J connectivity index is 1.67. The smallest absolute Gasteiger partial charge is 0.232 e. The monoisotopic (exact) mass is 444 g/mol. The molecule has 4 rings (SSSR count). The Morgan fingerprint density at radius 3 is 2.52 bits per heavy atom. The minimum absolute atomic E-state index is 0.724. The highest BCUT2D eigenvalue weighted by molar-refractivity contribution is 9.10. The van der Waals surface area contributed by atoms with E-state index >= 15 is 0 Å². The van der Waals surface area contributed by atoms with Gasteiger partial charge in [0.1, 0.15) is 0 Å². The minimum Gasteiger partial charge on any atom is -0.378 e. The van der Waals surface area contributed by atoms with Crippen LogP contribution >= 0.6 is 27.7 Å². The predicted molar refractivity (Wildman–Crippen MR) is 113 cm³/mol. The van der Waals surface area contributed by atoms with E-state index in [4.69, 9.17) is 4.74 Å². The normalized spacial score (nSPS) is 14.5. The summed E-state index contributed by atoms with van der Waals surface area (Å²) in [5.41, 5.74) is 3.59. The highest BCUT2D eigenvalue weighted by Gasteiger charge is 2.22. The van der Waals surface area contributed by atoms with Crippen molar-refractivity contribution in [3.05, 3.63) is 64.1 Å². The van der Waals surface area contributed by atoms with E-state index in [2.05, 4.69) is 91.0 Å². The molecule has 27 heavy (non-hydrogen) atoms. The first kappa shape index (κ1) is 18.5. The van der Waals surface area contributed by atoms with Gasteiger partial charge in [0.2, 0.25) is 5.95 Å². The van der Waals surface area contributed by atoms with Gasteiger partial charge in [-0.25, -0.2) is 0 Å². The molecule has 0 bridgehead atoms. The van der Waals surface area contributed by atoms with Gasteiger partial charge in [0, 0.05) is 23.3 Å². The van der Waals surface area contributed by atoms with Crippen molar-refractivity contribution in [2.75, 3.05) is 31.2 Å². The first-order chi connectivity index (χ1) is 13.2. The number of hydrogen-bond donors (Lipinski definition) is 0. The third kappa shape index (κ3) is 4.20. The van der Waals surface area contributed by atoms with E-state index in [0.29, 0.717) is 0 Å². The molecular formula is C20H21BrN4OS. The van der Waals surface area contributed by atoms with Gasteiger partial charge >= 0.3 is 0 Å². The zero-order valence-electron chi connectivity index (χ0n) is 15.1. The number of ether oxygens (including phenoxy) is 1. The number of thioether (sulfide) groups is 1. The standard InChI is InChI=1S/C20H21BrN4OS/c1-15-4-2-3-5-18(15)25-19(24-10-12-26-13-11-24)22-23-20(25)27-14-16-6-8-17(21)9-7-16/h2-9H,10-14H2,1H3. The summed E-state index contributed by atoms with van der Waals surface area (Å²) in [4.78, 5) is 2.26. The molecule has 0 radical (unpaired) electrons. The van der Waals surface area contributed by atoms with E-state index < -0.39 is 0 Å². The fraction of sp³-hybridized carbons (Fsp3) is 0.300. The fourth-order valence-corrected chi connectivity index (χ4v) is 4.24. The van der Waals surface area contributed by atoms with Gasteiger partial charge in [-0.15, -0.1) is 10.2 Å². The number of anilines is 1. The average Bonchev–Trinajstić information content (AvgIpc) is 3.12. The highest BCUT2D eigenvalue weighted by atomic mass is 79.9. The van der Waals surface area contributed by atoms with Crippen LogP contribution in [0, 0.1) is 6.92 Å². The lowest BCUT2D eigenvalue weighted by atomic mass is 10.2. The summed E-state index contributed by atoms with van der Waals surface area (Å²) >= 11 is 5.20. The molecule has 1 aliphatic heterocycles. The number of rotatable bonds is 5. The summed E-state index contributed by atoms with van der Waals surface area (Å²) in [5.74, 6) is 1.74. The number of aromatic nitrogens is 3. The molecular weight excluding hydrogens is 424 g/mol. The van der Waals surface area contributed by atoms with Crippen molar-refractivity contribution in [3.8, 4) is 5.69 Å². The molecule has 140 valence electrons. The zero-order valence-corrected chi connectivity index (χ0v) is 17.5. The number of benzene rings is 2. The predicted octanol–water partition coefficient (Wildman–Crippen LogP) is 4.47. The summed E-state index contributed by atoms with van der Waals surface area (Å²) in [7, 11) is 0. The molecule has 0 amide bonds. The van der Waals surface area contributed by atoms with Crippen molar-refractivity contribution in [3.63, 3.8) is 0 Å². The molecule has 0 unspecified atom stereocenters. The van der Waals surface area contributed by atoms with Crippen molar-refractivity contribution in [1.29, 1.82) is 0 Å². The molecule has 1 aromatic heterocycles. The third-order valence-electron chi connectivity index (χ3n) is 4.55. The van der Waals surface area contributed by atoms with Gasteiger partial charge < -0.3 is 9.64 Å². The molecule has 5 nitrogen and oxygen atoms in total. The summed E-state index contributed by atoms with van der Waals surface area (Å²) in [5, 5.41) is 9.98. The number of para-hydroxylation sites is 1. The Morgan fingerprint density at radius 1 is 1.04 bits per heavy atom. The largest absolute Gasteiger partial charge is 0.378 e. The van der Waals surface area contributed by atoms with Gasteiger partial charge in [-0.2, -0.15) is 0 Å². The number of hydrogen-bond acceptors (Lipinski definition) is 5. The number of halogens is 1. The Labute approximate surface area is 171 Å². The molecule has 0 saturated carbocycles. The fourth-order valence-electron chi connectivity index (χ4n) is 3.08. The SMILES string of the molecule is Cc1ccccc1-n1c(SCc2ccc(Br)cc2)nnc1N1CCOCC1. The van der Waals surface area contributed by atoms with Crippen LogP contribution in [0.15, 0.2) is 58.2 Å². The molecule has 0 atom stereocenters. The molecule has 1 saturated heterocycles. The van der Waals surface area contributed by atoms with E-state index in [0.717, 1.165) is 53.3 Å². The van der Waals surface area contributed by atoms with Gasteiger partial charge in [-0.1, -0.05) is 58.0 Å². The molecule has 0 aliphatic carbocycles. The maximum atomic E-state index is 5.50. The third-order valence-corrected chi connectivity index (χ3v) is 6.08. The van der Waals surface area contributed by atoms with Gasteiger partial charge in [0.15, 0.2) is 5.16 Å². The van der Waals surface area contributed by atoms with Gasteiger partial charge in [0.25, 0.3) is 0 Å². The Bertz CT molecular complexity index is 907. The van der Waals surface area contributed by atoms with Crippen LogP contribution in [0.3, 0.4) is 0 Å². The Hall–Kier alpha value is -1.83. The molecule has 3 aromatic rings. The summed E-state index contributed by atoms with van der Waals surface area (Å²) in [6, 6.07) is 16.8. The first-order valence-corrected chi connectivity index (χ1v) is 10.7. The highest BCUT2D eigenvalue weighted by Crippen LogP contribution is 2.30. The molecule has 2 heterocycles. The van der Waals surface area contributed by atoms with Crippen LogP contribution in [0.2, 0.25) is 0 Å². The van der Waals surface area contributed by atoms with Crippen LogP contribution in [0.25, 0.3) is 5.69 Å². The maximum Gasteiger partial charge on any atom is 0.232 e. The second-order valence-electron chi connectivity index (χ2n) is 6.42. The summed E-state index contributed by atoms with van der Waals surface area (Å²) in [6.07, 6.45) is 0. The van der Waals surface area contributed by atoms with Crippen LogP contribution in [-0.4, -0.2) is 41.1 Å². The average molecular weight is 445 g/mol. The van der Waals surface area contributed by atoms with Crippen LogP contribution in [0.5, 0.6) is 0 Å². The topological polar surface area (TPSA) is 43.2 Å². The van der Waals surface area contributed by atoms with Crippen LogP contribution in [0.4, 0.5) is 5.95 Å². The van der Waals surface area contributed by atoms with Crippen LogP contribution in [0.1, 0.15) is 11.1 Å². The van der Waals surface area contributed by atoms with Gasteiger partial charge in [0.05, 0.1) is 18.9 Å². The van der Waals surface area contributed by atoms with E-state index in [1.54, 1.807) is 11.8 Å². The number of morpholine rings is 1. The second-order valence-corrected chi connectivity index (χ2v) is 8.28. The Kier molecular flexibility index (Phi) is 5.80. The maximum absolute atomic E-state index is 5.50. The Morgan fingerprint density at radius 2 is 1.78 bits per heavy atom. The zero-order chi connectivity index (χ0) is 18.6. The van der Waals surface area contributed by atoms with Crippen molar-refractivity contribution in [2.45, 2.75) is 17.8 Å². The second kappa shape index (κ2) is 8.46. The van der Waals surface area contributed by atoms with Gasteiger partial charge in [-0.05, 0) is 36.2 Å². The summed E-state index contributed by atoms with van der Waals surface area (Å²) < 4.78 is 8.78. The van der Waals surface area contributed by atoms with Crippen molar-refractivity contribution in [2.24, 2.45) is 0 Å². The summed E-state index contributed by atoms with van der Waals surface area (Å²) in [6.45, 7) is 5.24. The van der Waals surface area contributed by atoms with E-state index in [-0.39, 0.29) is 0 Å². The molecule has 7 heteroatoms. The molecule has 0 spiro atoms. The molecule has 1 fully saturated rings.